The zero-order valence-corrected chi connectivity index (χ0v) is 15.6. The maximum atomic E-state index is 13.2. The second kappa shape index (κ2) is 6.42. The van der Waals surface area contributed by atoms with E-state index < -0.39 is 5.60 Å². The lowest BCUT2D eigenvalue weighted by Gasteiger charge is -2.22. The summed E-state index contributed by atoms with van der Waals surface area (Å²) in [5.74, 6) is 0.618. The van der Waals surface area contributed by atoms with Gasteiger partial charge in [-0.25, -0.2) is 9.07 Å². The number of aliphatic imine (C=N–C) groups is 1. The molecule has 0 saturated carbocycles. The van der Waals surface area contributed by atoms with Gasteiger partial charge in [0.15, 0.2) is 0 Å². The van der Waals surface area contributed by atoms with Crippen LogP contribution in [0.3, 0.4) is 0 Å². The number of aromatic nitrogens is 3. The van der Waals surface area contributed by atoms with Gasteiger partial charge in [-0.3, -0.25) is 4.99 Å². The van der Waals surface area contributed by atoms with Crippen LogP contribution in [0.4, 0.5) is 4.39 Å². The highest BCUT2D eigenvalue weighted by Gasteiger charge is 2.29. The molecule has 0 amide bonds. The third kappa shape index (κ3) is 3.55. The van der Waals surface area contributed by atoms with Crippen molar-refractivity contribution < 1.29 is 9.50 Å². The molecular weight excluding hydrogens is 345 g/mol. The van der Waals surface area contributed by atoms with Crippen molar-refractivity contribution in [2.75, 3.05) is 6.54 Å². The Hall–Kier alpha value is -2.80. The number of aliphatic hydroxyl groups is 1. The van der Waals surface area contributed by atoms with Crippen LogP contribution in [0.1, 0.15) is 31.7 Å². The number of nitrogens with zero attached hydrogens (tertiary/aromatic N) is 5. The minimum atomic E-state index is -0.742. The molecule has 0 bridgehead atoms. The van der Waals surface area contributed by atoms with Crippen molar-refractivity contribution in [1.82, 2.24) is 19.9 Å². The van der Waals surface area contributed by atoms with Gasteiger partial charge in [-0.05, 0) is 63.6 Å². The SMILES string of the molecule is Cc1c(C2=CN3CC(CC(C)(C)O)N=C3C=C2)nnn1-c1ccc(F)cc1. The Labute approximate surface area is 157 Å². The Morgan fingerprint density at radius 2 is 1.96 bits per heavy atom. The first kappa shape index (κ1) is 17.6. The van der Waals surface area contributed by atoms with Crippen LogP contribution in [0.15, 0.2) is 47.6 Å². The first-order valence-electron chi connectivity index (χ1n) is 8.95. The summed E-state index contributed by atoms with van der Waals surface area (Å²) in [5.41, 5.74) is 2.63. The molecule has 2 aliphatic rings. The third-order valence-electron chi connectivity index (χ3n) is 4.70. The molecule has 1 atom stereocenters. The molecule has 1 aromatic heterocycles. The van der Waals surface area contributed by atoms with Crippen LogP contribution in [-0.2, 0) is 0 Å². The molecule has 0 fully saturated rings. The summed E-state index contributed by atoms with van der Waals surface area (Å²) in [6.07, 6.45) is 6.59. The lowest BCUT2D eigenvalue weighted by atomic mass is 10.00. The number of amidine groups is 1. The topological polar surface area (TPSA) is 66.5 Å². The lowest BCUT2D eigenvalue weighted by molar-refractivity contribution is 0.0640. The molecule has 0 radical (unpaired) electrons. The largest absolute Gasteiger partial charge is 0.390 e. The summed E-state index contributed by atoms with van der Waals surface area (Å²) in [7, 11) is 0. The number of rotatable bonds is 4. The summed E-state index contributed by atoms with van der Waals surface area (Å²) in [6, 6.07) is 6.24. The quantitative estimate of drug-likeness (QED) is 0.902. The van der Waals surface area contributed by atoms with Crippen LogP contribution in [0, 0.1) is 12.7 Å². The first-order valence-corrected chi connectivity index (χ1v) is 8.95. The summed E-state index contributed by atoms with van der Waals surface area (Å²) >= 11 is 0. The normalized spacial score (nSPS) is 19.1. The van der Waals surface area contributed by atoms with Gasteiger partial charge in [-0.15, -0.1) is 5.10 Å². The highest BCUT2D eigenvalue weighted by atomic mass is 19.1. The summed E-state index contributed by atoms with van der Waals surface area (Å²) < 4.78 is 14.9. The zero-order chi connectivity index (χ0) is 19.2. The van der Waals surface area contributed by atoms with E-state index in [1.165, 1.54) is 12.1 Å². The molecule has 1 aromatic carbocycles. The molecule has 2 aromatic rings. The fourth-order valence-electron chi connectivity index (χ4n) is 3.51. The first-order chi connectivity index (χ1) is 12.8. The van der Waals surface area contributed by atoms with Crippen LogP contribution in [0.25, 0.3) is 11.3 Å². The van der Waals surface area contributed by atoms with E-state index in [1.54, 1.807) is 30.7 Å². The molecule has 3 heterocycles. The fraction of sp³-hybridized carbons (Fsp3) is 0.350. The number of hydrogen-bond donors (Lipinski definition) is 1. The molecule has 7 heteroatoms. The van der Waals surface area contributed by atoms with Crippen LogP contribution in [-0.4, -0.2) is 49.0 Å². The minimum Gasteiger partial charge on any atom is -0.390 e. The van der Waals surface area contributed by atoms with Crippen molar-refractivity contribution in [2.45, 2.75) is 38.8 Å². The number of fused-ring (bicyclic) bond motifs is 1. The van der Waals surface area contributed by atoms with Crippen molar-refractivity contribution in [3.05, 3.63) is 59.8 Å². The van der Waals surface area contributed by atoms with Crippen molar-refractivity contribution in [3.63, 3.8) is 0 Å². The van der Waals surface area contributed by atoms with Crippen LogP contribution >= 0.6 is 0 Å². The van der Waals surface area contributed by atoms with E-state index in [4.69, 9.17) is 0 Å². The van der Waals surface area contributed by atoms with E-state index in [2.05, 4.69) is 20.2 Å². The molecule has 0 saturated heterocycles. The van der Waals surface area contributed by atoms with E-state index in [0.29, 0.717) is 6.42 Å². The summed E-state index contributed by atoms with van der Waals surface area (Å²) in [4.78, 5) is 6.77. The predicted octanol–water partition coefficient (Wildman–Crippen LogP) is 2.87. The maximum absolute atomic E-state index is 13.2. The molecule has 1 unspecified atom stereocenters. The van der Waals surface area contributed by atoms with Gasteiger partial charge in [0.05, 0.1) is 23.0 Å². The fourth-order valence-corrected chi connectivity index (χ4v) is 3.51. The van der Waals surface area contributed by atoms with Gasteiger partial charge >= 0.3 is 0 Å². The number of allylic oxidation sites excluding steroid dienone is 2. The summed E-state index contributed by atoms with van der Waals surface area (Å²) in [5, 5.41) is 18.6. The second-order valence-electron chi connectivity index (χ2n) is 7.64. The van der Waals surface area contributed by atoms with Gasteiger partial charge in [0.2, 0.25) is 0 Å². The van der Waals surface area contributed by atoms with Gasteiger partial charge in [-0.2, -0.15) is 0 Å². The van der Waals surface area contributed by atoms with Crippen LogP contribution < -0.4 is 0 Å². The average Bonchev–Trinajstić information content (AvgIpc) is 3.16. The predicted molar refractivity (Wildman–Crippen MR) is 102 cm³/mol. The third-order valence-corrected chi connectivity index (χ3v) is 4.70. The Kier molecular flexibility index (Phi) is 4.19. The molecule has 6 nitrogen and oxygen atoms in total. The van der Waals surface area contributed by atoms with Crippen LogP contribution in [0.2, 0.25) is 0 Å². The van der Waals surface area contributed by atoms with Gasteiger partial charge in [0, 0.05) is 18.3 Å². The number of benzene rings is 1. The molecule has 0 spiro atoms. The Morgan fingerprint density at radius 3 is 2.67 bits per heavy atom. The van der Waals surface area contributed by atoms with Gasteiger partial charge < -0.3 is 10.0 Å². The number of hydrogen-bond acceptors (Lipinski definition) is 5. The minimum absolute atomic E-state index is 0.0660. The average molecular weight is 367 g/mol. The zero-order valence-electron chi connectivity index (χ0n) is 15.6. The molecule has 0 aliphatic carbocycles. The van der Waals surface area contributed by atoms with Crippen LogP contribution in [0.5, 0.6) is 0 Å². The highest BCUT2D eigenvalue weighted by molar-refractivity contribution is 6.00. The van der Waals surface area contributed by atoms with Crippen molar-refractivity contribution in [3.8, 4) is 5.69 Å². The van der Waals surface area contributed by atoms with E-state index >= 15 is 0 Å². The molecule has 2 aliphatic heterocycles. The van der Waals surface area contributed by atoms with E-state index in [0.717, 1.165) is 35.0 Å². The van der Waals surface area contributed by atoms with E-state index in [-0.39, 0.29) is 11.9 Å². The van der Waals surface area contributed by atoms with Crippen molar-refractivity contribution >= 4 is 11.4 Å². The van der Waals surface area contributed by atoms with Crippen molar-refractivity contribution in [2.24, 2.45) is 4.99 Å². The monoisotopic (exact) mass is 367 g/mol. The summed E-state index contributed by atoms with van der Waals surface area (Å²) in [6.45, 7) is 6.29. The molecular formula is C20H22FN5O. The molecule has 4 rings (SSSR count). The van der Waals surface area contributed by atoms with Crippen molar-refractivity contribution in [1.29, 1.82) is 0 Å². The Bertz CT molecular complexity index is 950. The smallest absolute Gasteiger partial charge is 0.127 e. The lowest BCUT2D eigenvalue weighted by Crippen LogP contribution is -2.29. The van der Waals surface area contributed by atoms with Gasteiger partial charge in [0.25, 0.3) is 0 Å². The Balaban J connectivity index is 1.58. The van der Waals surface area contributed by atoms with E-state index in [1.807, 2.05) is 25.3 Å². The second-order valence-corrected chi connectivity index (χ2v) is 7.64. The van der Waals surface area contributed by atoms with Gasteiger partial charge in [-0.1, -0.05) is 5.21 Å². The van der Waals surface area contributed by atoms with Gasteiger partial charge in [0.1, 0.15) is 17.3 Å². The van der Waals surface area contributed by atoms with E-state index in [9.17, 15) is 9.50 Å². The Morgan fingerprint density at radius 1 is 1.22 bits per heavy atom. The molecule has 140 valence electrons. The molecule has 27 heavy (non-hydrogen) atoms. The highest BCUT2D eigenvalue weighted by Crippen LogP contribution is 2.27. The number of halogens is 1. The standard InChI is InChI=1S/C20H22FN5O/c1-13-19(23-24-26(13)17-7-5-15(21)6-8-17)14-4-9-18-22-16(10-20(2,3)27)12-25(18)11-14/h4-9,11,16,27H,10,12H2,1-3H3. The molecule has 1 N–H and O–H groups in total. The maximum Gasteiger partial charge on any atom is 0.127 e.